The van der Waals surface area contributed by atoms with Crippen LogP contribution in [0.15, 0.2) is 73.1 Å². The Kier molecular flexibility index (Phi) is 5.24. The molecule has 6 nitrogen and oxygen atoms in total. The standard InChI is InChI=1S/C23H21N3O3/c27-22(12-11-17-7-3-1-4-8-17)26-15-21-19(13-20(26)23(28)29)24-16-25(21)14-18-9-5-2-6-10-18/h1-12,16,20H,13-15H2,(H,28,29)/b12-11+. The number of imidazole rings is 1. The number of carboxylic acid groups (broad SMARTS) is 1. The molecule has 0 radical (unpaired) electrons. The molecule has 1 aliphatic rings. The Morgan fingerprint density at radius 3 is 2.45 bits per heavy atom. The van der Waals surface area contributed by atoms with E-state index in [4.69, 9.17) is 0 Å². The number of aliphatic carboxylic acids is 1. The van der Waals surface area contributed by atoms with Crippen LogP contribution >= 0.6 is 0 Å². The average molecular weight is 387 g/mol. The first-order valence-corrected chi connectivity index (χ1v) is 9.45. The quantitative estimate of drug-likeness (QED) is 0.683. The van der Waals surface area contributed by atoms with Crippen LogP contribution in [0.25, 0.3) is 6.08 Å². The van der Waals surface area contributed by atoms with Gasteiger partial charge in [0.25, 0.3) is 0 Å². The molecule has 1 N–H and O–H groups in total. The predicted octanol–water partition coefficient (Wildman–Crippen LogP) is 2.98. The molecule has 2 aromatic carbocycles. The number of benzene rings is 2. The summed E-state index contributed by atoms with van der Waals surface area (Å²) in [6, 6.07) is 18.5. The minimum Gasteiger partial charge on any atom is -0.480 e. The van der Waals surface area contributed by atoms with Gasteiger partial charge in [0, 0.05) is 19.0 Å². The SMILES string of the molecule is O=C(O)C1Cc2ncn(Cc3ccccc3)c2CN1C(=O)/C=C/c1ccccc1. The summed E-state index contributed by atoms with van der Waals surface area (Å²) in [5.41, 5.74) is 3.63. The van der Waals surface area contributed by atoms with Gasteiger partial charge in [0.15, 0.2) is 0 Å². The lowest BCUT2D eigenvalue weighted by molar-refractivity contribution is -0.149. The van der Waals surface area contributed by atoms with Crippen molar-refractivity contribution in [1.29, 1.82) is 0 Å². The molecule has 146 valence electrons. The molecule has 3 aromatic rings. The number of carboxylic acids is 1. The number of amides is 1. The summed E-state index contributed by atoms with van der Waals surface area (Å²) < 4.78 is 1.99. The molecule has 0 fully saturated rings. The maximum atomic E-state index is 12.8. The second-order valence-electron chi connectivity index (χ2n) is 7.02. The van der Waals surface area contributed by atoms with Crippen LogP contribution in [-0.2, 0) is 29.1 Å². The summed E-state index contributed by atoms with van der Waals surface area (Å²) in [6.07, 6.45) is 5.08. The molecule has 1 unspecified atom stereocenters. The number of rotatable bonds is 5. The van der Waals surface area contributed by atoms with Crippen LogP contribution < -0.4 is 0 Å². The van der Waals surface area contributed by atoms with Gasteiger partial charge >= 0.3 is 5.97 Å². The van der Waals surface area contributed by atoms with Crippen LogP contribution in [-0.4, -0.2) is 37.5 Å². The van der Waals surface area contributed by atoms with Crippen LogP contribution in [0.3, 0.4) is 0 Å². The van der Waals surface area contributed by atoms with Crippen LogP contribution in [0, 0.1) is 0 Å². The molecule has 0 aliphatic carbocycles. The van der Waals surface area contributed by atoms with Gasteiger partial charge in [-0.1, -0.05) is 60.7 Å². The van der Waals surface area contributed by atoms with Crippen LogP contribution in [0.5, 0.6) is 0 Å². The number of nitrogens with zero attached hydrogens (tertiary/aromatic N) is 3. The molecule has 0 spiro atoms. The van der Waals surface area contributed by atoms with Crippen molar-refractivity contribution in [2.75, 3.05) is 0 Å². The molecule has 4 rings (SSSR count). The van der Waals surface area contributed by atoms with Gasteiger partial charge in [-0.05, 0) is 17.2 Å². The average Bonchev–Trinajstić information content (AvgIpc) is 3.14. The summed E-state index contributed by atoms with van der Waals surface area (Å²) in [6.45, 7) is 0.847. The van der Waals surface area contributed by atoms with Gasteiger partial charge in [-0.2, -0.15) is 0 Å². The molecular weight excluding hydrogens is 366 g/mol. The van der Waals surface area contributed by atoms with Gasteiger partial charge in [-0.15, -0.1) is 0 Å². The van der Waals surface area contributed by atoms with Gasteiger partial charge in [-0.25, -0.2) is 9.78 Å². The summed E-state index contributed by atoms with van der Waals surface area (Å²) >= 11 is 0. The van der Waals surface area contributed by atoms with E-state index >= 15 is 0 Å². The van der Waals surface area contributed by atoms with E-state index in [1.807, 2.05) is 65.2 Å². The highest BCUT2D eigenvalue weighted by Crippen LogP contribution is 2.24. The lowest BCUT2D eigenvalue weighted by atomic mass is 10.0. The third-order valence-corrected chi connectivity index (χ3v) is 5.10. The van der Waals surface area contributed by atoms with Gasteiger partial charge in [0.1, 0.15) is 6.04 Å². The Bertz CT molecular complexity index is 1040. The van der Waals surface area contributed by atoms with Crippen molar-refractivity contribution >= 4 is 18.0 Å². The first kappa shape index (κ1) is 18.7. The first-order valence-electron chi connectivity index (χ1n) is 9.45. The van der Waals surface area contributed by atoms with Crippen molar-refractivity contribution < 1.29 is 14.7 Å². The van der Waals surface area contributed by atoms with E-state index in [2.05, 4.69) is 4.98 Å². The number of hydrogen-bond donors (Lipinski definition) is 1. The molecule has 0 bridgehead atoms. The third kappa shape index (κ3) is 4.11. The molecule has 6 heteroatoms. The number of carbonyl (C=O) groups excluding carboxylic acids is 1. The fourth-order valence-electron chi connectivity index (χ4n) is 3.56. The van der Waals surface area contributed by atoms with Gasteiger partial charge in [-0.3, -0.25) is 4.79 Å². The normalized spacial score (nSPS) is 16.0. The van der Waals surface area contributed by atoms with E-state index < -0.39 is 12.0 Å². The van der Waals surface area contributed by atoms with E-state index in [9.17, 15) is 14.7 Å². The maximum absolute atomic E-state index is 12.8. The molecule has 0 saturated heterocycles. The number of fused-ring (bicyclic) bond motifs is 1. The Balaban J connectivity index is 1.58. The highest BCUT2D eigenvalue weighted by atomic mass is 16.4. The summed E-state index contributed by atoms with van der Waals surface area (Å²) in [5.74, 6) is -1.34. The molecule has 2 heterocycles. The van der Waals surface area contributed by atoms with Crippen LogP contribution in [0.1, 0.15) is 22.5 Å². The van der Waals surface area contributed by atoms with Crippen molar-refractivity contribution in [3.05, 3.63) is 95.6 Å². The monoisotopic (exact) mass is 387 g/mol. The first-order chi connectivity index (χ1) is 14.1. The van der Waals surface area contributed by atoms with Crippen molar-refractivity contribution in [3.63, 3.8) is 0 Å². The predicted molar refractivity (Wildman–Crippen MR) is 109 cm³/mol. The molecule has 1 aromatic heterocycles. The molecule has 29 heavy (non-hydrogen) atoms. The van der Waals surface area contributed by atoms with E-state index in [1.54, 1.807) is 12.4 Å². The Morgan fingerprint density at radius 2 is 1.76 bits per heavy atom. The summed E-state index contributed by atoms with van der Waals surface area (Å²) in [7, 11) is 0. The zero-order chi connectivity index (χ0) is 20.2. The number of aromatic nitrogens is 2. The van der Waals surface area contributed by atoms with Crippen molar-refractivity contribution in [3.8, 4) is 0 Å². The van der Waals surface area contributed by atoms with Crippen LogP contribution in [0.2, 0.25) is 0 Å². The fraction of sp³-hybridized carbons (Fsp3) is 0.174. The van der Waals surface area contributed by atoms with Crippen molar-refractivity contribution in [2.45, 2.75) is 25.6 Å². The Morgan fingerprint density at radius 1 is 1.07 bits per heavy atom. The maximum Gasteiger partial charge on any atom is 0.326 e. The Labute approximate surface area is 168 Å². The zero-order valence-corrected chi connectivity index (χ0v) is 15.8. The van der Waals surface area contributed by atoms with E-state index in [0.29, 0.717) is 6.54 Å². The lowest BCUT2D eigenvalue weighted by Crippen LogP contribution is -2.48. The zero-order valence-electron chi connectivity index (χ0n) is 15.8. The van der Waals surface area contributed by atoms with E-state index in [1.165, 1.54) is 11.0 Å². The minimum atomic E-state index is -1.02. The van der Waals surface area contributed by atoms with E-state index in [0.717, 1.165) is 22.5 Å². The van der Waals surface area contributed by atoms with Crippen molar-refractivity contribution in [1.82, 2.24) is 14.5 Å². The molecule has 1 aliphatic heterocycles. The Hall–Kier alpha value is -3.67. The lowest BCUT2D eigenvalue weighted by Gasteiger charge is -2.32. The van der Waals surface area contributed by atoms with E-state index in [-0.39, 0.29) is 18.9 Å². The minimum absolute atomic E-state index is 0.206. The number of hydrogen-bond acceptors (Lipinski definition) is 3. The van der Waals surface area contributed by atoms with Gasteiger partial charge < -0.3 is 14.6 Å². The molecular formula is C23H21N3O3. The topological polar surface area (TPSA) is 75.4 Å². The highest BCUT2D eigenvalue weighted by Gasteiger charge is 2.36. The second kappa shape index (κ2) is 8.14. The highest BCUT2D eigenvalue weighted by molar-refractivity contribution is 5.94. The smallest absolute Gasteiger partial charge is 0.326 e. The summed E-state index contributed by atoms with van der Waals surface area (Å²) in [4.78, 5) is 30.5. The second-order valence-corrected chi connectivity index (χ2v) is 7.02. The summed E-state index contributed by atoms with van der Waals surface area (Å²) in [5, 5.41) is 9.66. The van der Waals surface area contributed by atoms with Crippen molar-refractivity contribution in [2.24, 2.45) is 0 Å². The third-order valence-electron chi connectivity index (χ3n) is 5.10. The fourth-order valence-corrected chi connectivity index (χ4v) is 3.56. The van der Waals surface area contributed by atoms with Gasteiger partial charge in [0.05, 0.1) is 24.3 Å². The molecule has 1 amide bonds. The van der Waals surface area contributed by atoms with Gasteiger partial charge in [0.2, 0.25) is 5.91 Å². The number of carbonyl (C=O) groups is 2. The molecule has 0 saturated carbocycles. The largest absolute Gasteiger partial charge is 0.480 e. The van der Waals surface area contributed by atoms with Crippen LogP contribution in [0.4, 0.5) is 0 Å². The molecule has 1 atom stereocenters.